The van der Waals surface area contributed by atoms with Gasteiger partial charge < -0.3 is 19.7 Å². The fraction of sp³-hybridized carbons (Fsp3) is 0.167. The molecular formula is C30H25ClN2O3. The molecule has 2 heterocycles. The van der Waals surface area contributed by atoms with Crippen molar-refractivity contribution in [2.24, 2.45) is 0 Å². The number of nitrogens with one attached hydrogen (secondary N) is 1. The normalized spacial score (nSPS) is 17.0. The molecule has 0 saturated carbocycles. The zero-order valence-electron chi connectivity index (χ0n) is 20.0. The molecule has 0 bridgehead atoms. The fourth-order valence-corrected chi connectivity index (χ4v) is 5.40. The summed E-state index contributed by atoms with van der Waals surface area (Å²) in [7, 11) is 0. The van der Waals surface area contributed by atoms with Crippen molar-refractivity contribution in [1.82, 2.24) is 0 Å². The first-order valence-electron chi connectivity index (χ1n) is 12.1. The van der Waals surface area contributed by atoms with Crippen LogP contribution >= 0.6 is 11.6 Å². The first kappa shape index (κ1) is 22.5. The van der Waals surface area contributed by atoms with Crippen LogP contribution in [0.25, 0.3) is 0 Å². The second kappa shape index (κ2) is 8.61. The smallest absolute Gasteiger partial charge is 0.340 e. The summed E-state index contributed by atoms with van der Waals surface area (Å²) in [6.07, 6.45) is 0. The van der Waals surface area contributed by atoms with Gasteiger partial charge in [0.15, 0.2) is 5.60 Å². The van der Waals surface area contributed by atoms with Gasteiger partial charge in [0.2, 0.25) is 0 Å². The third-order valence-electron chi connectivity index (χ3n) is 6.96. The zero-order valence-corrected chi connectivity index (χ0v) is 20.8. The van der Waals surface area contributed by atoms with Crippen molar-refractivity contribution in [1.29, 1.82) is 0 Å². The lowest BCUT2D eigenvalue weighted by atomic mass is 9.77. The standard InChI is InChI=1S/C30H25ClN2O3/c1-3-33(4-2)22-13-10-20(11-14-22)32-21-12-16-26-28(18-21)35-27-17-19(31)9-15-25(27)30(26)24-8-6-5-7-23(24)29(34)36-30/h5-18,32H,3-4H2,1-2H3. The first-order valence-corrected chi connectivity index (χ1v) is 12.5. The van der Waals surface area contributed by atoms with Crippen LogP contribution in [0, 0.1) is 0 Å². The SMILES string of the molecule is CCN(CC)c1ccc(Nc2ccc3c(c2)Oc2cc(Cl)ccc2C32OC(=O)c3ccccc32)cc1. The molecule has 5 nitrogen and oxygen atoms in total. The summed E-state index contributed by atoms with van der Waals surface area (Å²) >= 11 is 6.32. The monoisotopic (exact) mass is 496 g/mol. The van der Waals surface area contributed by atoms with Gasteiger partial charge in [-0.1, -0.05) is 29.8 Å². The minimum absolute atomic E-state index is 0.352. The average Bonchev–Trinajstić information content (AvgIpc) is 3.18. The molecule has 1 unspecified atom stereocenters. The second-order valence-electron chi connectivity index (χ2n) is 8.91. The highest BCUT2D eigenvalue weighted by atomic mass is 35.5. The molecule has 1 N–H and O–H groups in total. The molecule has 36 heavy (non-hydrogen) atoms. The molecule has 0 saturated heterocycles. The Kier molecular flexibility index (Phi) is 5.38. The Morgan fingerprint density at radius 3 is 2.22 bits per heavy atom. The van der Waals surface area contributed by atoms with Gasteiger partial charge in [-0.05, 0) is 74.5 Å². The Morgan fingerprint density at radius 2 is 1.47 bits per heavy atom. The Labute approximate surface area is 215 Å². The van der Waals surface area contributed by atoms with Crippen LogP contribution in [0.4, 0.5) is 17.1 Å². The van der Waals surface area contributed by atoms with Crippen molar-refractivity contribution in [2.75, 3.05) is 23.3 Å². The predicted octanol–water partition coefficient (Wildman–Crippen LogP) is 7.50. The topological polar surface area (TPSA) is 50.8 Å². The Morgan fingerprint density at radius 1 is 0.806 bits per heavy atom. The van der Waals surface area contributed by atoms with Gasteiger partial charge in [-0.3, -0.25) is 0 Å². The average molecular weight is 497 g/mol. The van der Waals surface area contributed by atoms with E-state index in [0.29, 0.717) is 22.1 Å². The maximum atomic E-state index is 12.9. The molecule has 2 aliphatic heterocycles. The molecule has 4 aromatic rings. The van der Waals surface area contributed by atoms with Gasteiger partial charge in [0.05, 0.1) is 5.56 Å². The van der Waals surface area contributed by atoms with Crippen molar-refractivity contribution in [3.8, 4) is 11.5 Å². The molecule has 180 valence electrons. The quantitative estimate of drug-likeness (QED) is 0.290. The maximum absolute atomic E-state index is 12.9. The number of hydrogen-bond donors (Lipinski definition) is 1. The molecule has 1 atom stereocenters. The van der Waals surface area contributed by atoms with Crippen molar-refractivity contribution in [3.63, 3.8) is 0 Å². The summed E-state index contributed by atoms with van der Waals surface area (Å²) < 4.78 is 12.5. The number of nitrogens with zero attached hydrogens (tertiary/aromatic N) is 1. The van der Waals surface area contributed by atoms with Crippen LogP contribution in [0.1, 0.15) is 40.9 Å². The fourth-order valence-electron chi connectivity index (χ4n) is 5.24. The lowest BCUT2D eigenvalue weighted by Crippen LogP contribution is -2.33. The van der Waals surface area contributed by atoms with Gasteiger partial charge in [0.25, 0.3) is 0 Å². The summed E-state index contributed by atoms with van der Waals surface area (Å²) in [6.45, 7) is 6.24. The number of ether oxygens (including phenoxy) is 2. The van der Waals surface area contributed by atoms with Gasteiger partial charge in [0, 0.05) is 57.9 Å². The zero-order chi connectivity index (χ0) is 24.9. The molecule has 1 spiro atoms. The lowest BCUT2D eigenvalue weighted by Gasteiger charge is -2.36. The summed E-state index contributed by atoms with van der Waals surface area (Å²) in [4.78, 5) is 15.3. The van der Waals surface area contributed by atoms with Crippen LogP contribution in [0.2, 0.25) is 5.02 Å². The van der Waals surface area contributed by atoms with Crippen molar-refractivity contribution >= 4 is 34.6 Å². The van der Waals surface area contributed by atoms with Crippen molar-refractivity contribution < 1.29 is 14.3 Å². The molecule has 0 aliphatic carbocycles. The Bertz CT molecular complexity index is 1480. The van der Waals surface area contributed by atoms with Crippen LogP contribution in [-0.4, -0.2) is 19.1 Å². The van der Waals surface area contributed by atoms with Crippen molar-refractivity contribution in [2.45, 2.75) is 19.4 Å². The highest BCUT2D eigenvalue weighted by Crippen LogP contribution is 2.56. The number of carbonyl (C=O) groups is 1. The minimum atomic E-state index is -1.09. The number of carbonyl (C=O) groups excluding carboxylic acids is 1. The number of anilines is 3. The van der Waals surface area contributed by atoms with E-state index in [2.05, 4.69) is 48.3 Å². The summed E-state index contributed by atoms with van der Waals surface area (Å²) in [5.74, 6) is 0.828. The number of esters is 1. The third-order valence-corrected chi connectivity index (χ3v) is 7.20. The van der Waals surface area contributed by atoms with E-state index in [1.807, 2.05) is 42.5 Å². The van der Waals surface area contributed by atoms with Crippen molar-refractivity contribution in [3.05, 3.63) is 112 Å². The molecular weight excluding hydrogens is 472 g/mol. The van der Waals surface area contributed by atoms with Gasteiger partial charge >= 0.3 is 5.97 Å². The number of hydrogen-bond acceptors (Lipinski definition) is 5. The molecule has 0 aromatic heterocycles. The first-order chi connectivity index (χ1) is 17.5. The van der Waals surface area contributed by atoms with Gasteiger partial charge in [-0.25, -0.2) is 4.79 Å². The van der Waals surface area contributed by atoms with Gasteiger partial charge in [-0.2, -0.15) is 0 Å². The predicted molar refractivity (Wildman–Crippen MR) is 143 cm³/mol. The highest BCUT2D eigenvalue weighted by molar-refractivity contribution is 6.30. The van der Waals surface area contributed by atoms with E-state index in [9.17, 15) is 4.79 Å². The van der Waals surface area contributed by atoms with Crippen LogP contribution in [0.15, 0.2) is 84.9 Å². The Hall–Kier alpha value is -3.96. The largest absolute Gasteiger partial charge is 0.456 e. The third kappa shape index (κ3) is 3.42. The number of benzene rings is 4. The summed E-state index contributed by atoms with van der Waals surface area (Å²) in [5.41, 5.74) is 4.82. The number of rotatable bonds is 5. The van der Waals surface area contributed by atoms with Crippen LogP contribution in [0.3, 0.4) is 0 Å². The maximum Gasteiger partial charge on any atom is 0.340 e. The molecule has 6 heteroatoms. The van der Waals surface area contributed by atoms with E-state index in [-0.39, 0.29) is 5.97 Å². The number of fused-ring (bicyclic) bond motifs is 6. The van der Waals surface area contributed by atoms with E-state index in [1.54, 1.807) is 18.2 Å². The molecule has 4 aromatic carbocycles. The van der Waals surface area contributed by atoms with E-state index in [4.69, 9.17) is 21.1 Å². The summed E-state index contributed by atoms with van der Waals surface area (Å²) in [5, 5.41) is 4.01. The van der Waals surface area contributed by atoms with Crippen LogP contribution in [-0.2, 0) is 10.3 Å². The number of halogens is 1. The lowest BCUT2D eigenvalue weighted by molar-refractivity contribution is 0.0224. The van der Waals surface area contributed by atoms with Crippen LogP contribution < -0.4 is 15.0 Å². The van der Waals surface area contributed by atoms with Gasteiger partial charge in [-0.15, -0.1) is 0 Å². The molecule has 2 aliphatic rings. The minimum Gasteiger partial charge on any atom is -0.456 e. The van der Waals surface area contributed by atoms with Crippen LogP contribution in [0.5, 0.6) is 11.5 Å². The molecule has 0 amide bonds. The van der Waals surface area contributed by atoms with E-state index < -0.39 is 5.60 Å². The molecule has 0 fully saturated rings. The highest BCUT2D eigenvalue weighted by Gasteiger charge is 2.53. The Balaban J connectivity index is 1.42. The molecule has 6 rings (SSSR count). The van der Waals surface area contributed by atoms with E-state index in [1.165, 1.54) is 5.69 Å². The van der Waals surface area contributed by atoms with Gasteiger partial charge in [0.1, 0.15) is 11.5 Å². The van der Waals surface area contributed by atoms with E-state index in [0.717, 1.165) is 41.2 Å². The second-order valence-corrected chi connectivity index (χ2v) is 9.35. The summed E-state index contributed by atoms with van der Waals surface area (Å²) in [6, 6.07) is 27.2. The van der Waals surface area contributed by atoms with E-state index >= 15 is 0 Å². The molecule has 0 radical (unpaired) electrons.